The zero-order chi connectivity index (χ0) is 13.3. The minimum atomic E-state index is 0.223. The van der Waals surface area contributed by atoms with Crippen LogP contribution in [-0.4, -0.2) is 47.5 Å². The summed E-state index contributed by atoms with van der Waals surface area (Å²) in [5.74, 6) is 0.643. The zero-order valence-corrected chi connectivity index (χ0v) is 11.9. The average molecular weight is 253 g/mol. The molecular weight excluding hydrogens is 226 g/mol. The molecule has 0 aromatic rings. The van der Waals surface area contributed by atoms with Crippen molar-refractivity contribution in [1.29, 1.82) is 0 Å². The smallest absolute Gasteiger partial charge is 0.320 e. The molecule has 1 saturated carbocycles. The van der Waals surface area contributed by atoms with Crippen LogP contribution in [0, 0.1) is 5.92 Å². The highest BCUT2D eigenvalue weighted by atomic mass is 16.2. The standard InChI is InChI=1S/C14H27N3O/c1-10(2)8-13-9-17(14(18)16(13)3)12-6-4-11(15)5-7-12/h10-13H,4-9,15H2,1-3H3. The van der Waals surface area contributed by atoms with Gasteiger partial charge in [0.15, 0.2) is 0 Å². The maximum atomic E-state index is 12.3. The third-order valence-electron chi connectivity index (χ3n) is 4.43. The van der Waals surface area contributed by atoms with E-state index in [9.17, 15) is 4.79 Å². The highest BCUT2D eigenvalue weighted by molar-refractivity contribution is 5.77. The molecular formula is C14H27N3O. The van der Waals surface area contributed by atoms with Crippen LogP contribution in [0.1, 0.15) is 46.0 Å². The molecule has 18 heavy (non-hydrogen) atoms. The third-order valence-corrected chi connectivity index (χ3v) is 4.43. The van der Waals surface area contributed by atoms with E-state index in [4.69, 9.17) is 5.73 Å². The Labute approximate surface area is 110 Å². The largest absolute Gasteiger partial charge is 0.328 e. The van der Waals surface area contributed by atoms with Crippen molar-refractivity contribution in [3.8, 4) is 0 Å². The first-order chi connectivity index (χ1) is 8.49. The fraction of sp³-hybridized carbons (Fsp3) is 0.929. The van der Waals surface area contributed by atoms with Crippen LogP contribution >= 0.6 is 0 Å². The third kappa shape index (κ3) is 2.79. The Morgan fingerprint density at radius 1 is 1.28 bits per heavy atom. The van der Waals surface area contributed by atoms with Gasteiger partial charge in [0.05, 0.1) is 6.04 Å². The predicted octanol–water partition coefficient (Wildman–Crippen LogP) is 2.04. The van der Waals surface area contributed by atoms with Crippen molar-refractivity contribution in [2.24, 2.45) is 11.7 Å². The molecule has 4 nitrogen and oxygen atoms in total. The summed E-state index contributed by atoms with van der Waals surface area (Å²) in [6.45, 7) is 5.36. The van der Waals surface area contributed by atoms with Gasteiger partial charge >= 0.3 is 6.03 Å². The van der Waals surface area contributed by atoms with Crippen molar-refractivity contribution >= 4 is 6.03 Å². The van der Waals surface area contributed by atoms with Gasteiger partial charge in [0.2, 0.25) is 0 Å². The van der Waals surface area contributed by atoms with Gasteiger partial charge in [-0.15, -0.1) is 0 Å². The van der Waals surface area contributed by atoms with Gasteiger partial charge in [-0.25, -0.2) is 4.79 Å². The molecule has 2 N–H and O–H groups in total. The van der Waals surface area contributed by atoms with E-state index in [0.717, 1.165) is 38.6 Å². The van der Waals surface area contributed by atoms with E-state index in [1.165, 1.54) is 0 Å². The second-order valence-electron chi connectivity index (χ2n) is 6.40. The molecule has 1 aliphatic carbocycles. The van der Waals surface area contributed by atoms with E-state index in [1.807, 2.05) is 11.9 Å². The topological polar surface area (TPSA) is 49.6 Å². The highest BCUT2D eigenvalue weighted by Gasteiger charge is 2.39. The fourth-order valence-electron chi connectivity index (χ4n) is 3.28. The van der Waals surface area contributed by atoms with Crippen molar-refractivity contribution in [1.82, 2.24) is 9.80 Å². The van der Waals surface area contributed by atoms with Gasteiger partial charge in [-0.2, -0.15) is 0 Å². The van der Waals surface area contributed by atoms with Crippen LogP contribution in [0.5, 0.6) is 0 Å². The van der Waals surface area contributed by atoms with E-state index in [0.29, 0.717) is 24.0 Å². The Bertz CT molecular complexity index is 297. The van der Waals surface area contributed by atoms with Crippen molar-refractivity contribution in [2.45, 2.75) is 64.1 Å². The Hall–Kier alpha value is -0.770. The van der Waals surface area contributed by atoms with Gasteiger partial charge in [0.1, 0.15) is 0 Å². The van der Waals surface area contributed by atoms with Crippen LogP contribution in [0.15, 0.2) is 0 Å². The number of carbonyl (C=O) groups excluding carboxylic acids is 1. The lowest BCUT2D eigenvalue weighted by Crippen LogP contribution is -2.42. The number of likely N-dealkylation sites (N-methyl/N-ethyl adjacent to an activating group) is 1. The highest BCUT2D eigenvalue weighted by Crippen LogP contribution is 2.28. The zero-order valence-electron chi connectivity index (χ0n) is 11.9. The van der Waals surface area contributed by atoms with Crippen molar-refractivity contribution in [3.63, 3.8) is 0 Å². The summed E-state index contributed by atoms with van der Waals surface area (Å²) in [5.41, 5.74) is 5.94. The number of amides is 2. The summed E-state index contributed by atoms with van der Waals surface area (Å²) >= 11 is 0. The monoisotopic (exact) mass is 253 g/mol. The van der Waals surface area contributed by atoms with Gasteiger partial charge in [0, 0.05) is 25.7 Å². The van der Waals surface area contributed by atoms with E-state index in [1.54, 1.807) is 0 Å². The molecule has 0 aromatic heterocycles. The molecule has 1 aliphatic heterocycles. The Morgan fingerprint density at radius 3 is 2.44 bits per heavy atom. The van der Waals surface area contributed by atoms with Crippen molar-refractivity contribution < 1.29 is 4.79 Å². The van der Waals surface area contributed by atoms with Crippen LogP contribution in [0.4, 0.5) is 4.79 Å². The molecule has 1 atom stereocenters. The quantitative estimate of drug-likeness (QED) is 0.836. The summed E-state index contributed by atoms with van der Waals surface area (Å²) in [6, 6.07) is 1.40. The maximum Gasteiger partial charge on any atom is 0.320 e. The van der Waals surface area contributed by atoms with E-state index >= 15 is 0 Å². The molecule has 2 fully saturated rings. The van der Waals surface area contributed by atoms with Crippen LogP contribution in [0.3, 0.4) is 0 Å². The molecule has 1 unspecified atom stereocenters. The van der Waals surface area contributed by atoms with Crippen molar-refractivity contribution in [2.75, 3.05) is 13.6 Å². The number of rotatable bonds is 3. The summed E-state index contributed by atoms with van der Waals surface area (Å²) < 4.78 is 0. The van der Waals surface area contributed by atoms with Crippen LogP contribution < -0.4 is 5.73 Å². The maximum absolute atomic E-state index is 12.3. The molecule has 0 bridgehead atoms. The molecule has 2 amide bonds. The molecule has 2 rings (SSSR count). The molecule has 0 aromatic carbocycles. The van der Waals surface area contributed by atoms with Gasteiger partial charge in [0.25, 0.3) is 0 Å². The number of carbonyl (C=O) groups is 1. The first-order valence-corrected chi connectivity index (χ1v) is 7.28. The summed E-state index contributed by atoms with van der Waals surface area (Å²) in [6.07, 6.45) is 5.38. The number of nitrogens with two attached hydrogens (primary N) is 1. The molecule has 2 aliphatic rings. The number of urea groups is 1. The fourth-order valence-corrected chi connectivity index (χ4v) is 3.28. The first-order valence-electron chi connectivity index (χ1n) is 7.28. The lowest BCUT2D eigenvalue weighted by atomic mass is 9.91. The van der Waals surface area contributed by atoms with Gasteiger partial charge in [-0.05, 0) is 38.0 Å². The van der Waals surface area contributed by atoms with Crippen LogP contribution in [-0.2, 0) is 0 Å². The summed E-state index contributed by atoms with van der Waals surface area (Å²) in [7, 11) is 1.95. The van der Waals surface area contributed by atoms with E-state index in [2.05, 4.69) is 18.7 Å². The number of nitrogens with zero attached hydrogens (tertiary/aromatic N) is 2. The Kier molecular flexibility index (Phi) is 4.15. The summed E-state index contributed by atoms with van der Waals surface area (Å²) in [5, 5.41) is 0. The van der Waals surface area contributed by atoms with Gasteiger partial charge in [-0.1, -0.05) is 13.8 Å². The van der Waals surface area contributed by atoms with E-state index < -0.39 is 0 Å². The number of hydrogen-bond acceptors (Lipinski definition) is 2. The minimum Gasteiger partial charge on any atom is -0.328 e. The first kappa shape index (κ1) is 13.7. The molecule has 0 spiro atoms. The molecule has 104 valence electrons. The average Bonchev–Trinajstić information content (AvgIpc) is 2.58. The lowest BCUT2D eigenvalue weighted by molar-refractivity contribution is 0.164. The normalized spacial score (nSPS) is 33.6. The van der Waals surface area contributed by atoms with E-state index in [-0.39, 0.29) is 6.03 Å². The molecule has 4 heteroatoms. The minimum absolute atomic E-state index is 0.223. The number of hydrogen-bond donors (Lipinski definition) is 1. The second kappa shape index (κ2) is 5.47. The lowest BCUT2D eigenvalue weighted by Gasteiger charge is -2.32. The second-order valence-corrected chi connectivity index (χ2v) is 6.40. The summed E-state index contributed by atoms with van der Waals surface area (Å²) in [4.78, 5) is 16.3. The molecule has 1 saturated heterocycles. The van der Waals surface area contributed by atoms with Crippen LogP contribution in [0.2, 0.25) is 0 Å². The molecule has 0 radical (unpaired) electrons. The van der Waals surface area contributed by atoms with Crippen molar-refractivity contribution in [3.05, 3.63) is 0 Å². The Balaban J connectivity index is 1.96. The SMILES string of the molecule is CC(C)CC1CN(C2CCC(N)CC2)C(=O)N1C. The predicted molar refractivity (Wildman–Crippen MR) is 73.3 cm³/mol. The van der Waals surface area contributed by atoms with Gasteiger partial charge in [-0.3, -0.25) is 0 Å². The molecule has 1 heterocycles. The van der Waals surface area contributed by atoms with Gasteiger partial charge < -0.3 is 15.5 Å². The Morgan fingerprint density at radius 2 is 1.89 bits per heavy atom. The van der Waals surface area contributed by atoms with Crippen LogP contribution in [0.25, 0.3) is 0 Å².